The second-order valence-corrected chi connectivity index (χ2v) is 4.98. The Morgan fingerprint density at radius 3 is 2.65 bits per heavy atom. The largest absolute Gasteiger partial charge is 0.503 e. The minimum absolute atomic E-state index is 0.0289. The van der Waals surface area contributed by atoms with E-state index in [2.05, 4.69) is 0 Å². The van der Waals surface area contributed by atoms with Gasteiger partial charge in [-0.3, -0.25) is 14.5 Å². The van der Waals surface area contributed by atoms with Crippen molar-refractivity contribution in [3.05, 3.63) is 27.7 Å². The van der Waals surface area contributed by atoms with Crippen molar-refractivity contribution >= 4 is 5.97 Å². The van der Waals surface area contributed by atoms with Crippen LogP contribution in [-0.4, -0.2) is 39.2 Å². The lowest BCUT2D eigenvalue weighted by molar-refractivity contribution is -0.137. The molecule has 0 bridgehead atoms. The van der Waals surface area contributed by atoms with Gasteiger partial charge in [-0.05, 0) is 20.4 Å². The smallest absolute Gasteiger partial charge is 0.304 e. The molecule has 0 aliphatic rings. The first-order valence-electron chi connectivity index (χ1n) is 6.69. The SMILES string of the molecule is CCCn1c(C)cc(=O)c(O)c1CN(C)CCC(=O)O. The summed E-state index contributed by atoms with van der Waals surface area (Å²) in [6.07, 6.45) is 0.913. The Morgan fingerprint density at radius 1 is 1.45 bits per heavy atom. The summed E-state index contributed by atoms with van der Waals surface area (Å²) in [5, 5.41) is 18.7. The van der Waals surface area contributed by atoms with Crippen molar-refractivity contribution in [3.8, 4) is 5.75 Å². The van der Waals surface area contributed by atoms with E-state index < -0.39 is 11.4 Å². The number of aromatic hydroxyl groups is 1. The van der Waals surface area contributed by atoms with E-state index in [0.717, 1.165) is 12.1 Å². The van der Waals surface area contributed by atoms with E-state index in [1.807, 2.05) is 18.4 Å². The Kier molecular flexibility index (Phi) is 5.76. The number of aromatic nitrogens is 1. The van der Waals surface area contributed by atoms with Crippen LogP contribution in [0.25, 0.3) is 0 Å². The summed E-state index contributed by atoms with van der Waals surface area (Å²) < 4.78 is 1.91. The summed E-state index contributed by atoms with van der Waals surface area (Å²) in [6, 6.07) is 1.42. The average molecular weight is 282 g/mol. The van der Waals surface area contributed by atoms with Gasteiger partial charge in [0.1, 0.15) is 0 Å². The average Bonchev–Trinajstić information content (AvgIpc) is 2.37. The van der Waals surface area contributed by atoms with E-state index in [0.29, 0.717) is 25.3 Å². The van der Waals surface area contributed by atoms with Crippen LogP contribution < -0.4 is 5.43 Å². The summed E-state index contributed by atoms with van der Waals surface area (Å²) in [5.74, 6) is -1.11. The summed E-state index contributed by atoms with van der Waals surface area (Å²) in [5.41, 5.74) is 0.956. The maximum Gasteiger partial charge on any atom is 0.304 e. The van der Waals surface area contributed by atoms with Crippen molar-refractivity contribution in [2.75, 3.05) is 13.6 Å². The number of aliphatic carboxylic acids is 1. The van der Waals surface area contributed by atoms with Crippen molar-refractivity contribution < 1.29 is 15.0 Å². The third kappa shape index (κ3) is 4.09. The van der Waals surface area contributed by atoms with E-state index in [1.165, 1.54) is 6.07 Å². The van der Waals surface area contributed by atoms with E-state index in [9.17, 15) is 14.7 Å². The molecule has 1 rings (SSSR count). The molecule has 1 aromatic rings. The van der Waals surface area contributed by atoms with Gasteiger partial charge in [-0.25, -0.2) is 0 Å². The molecule has 6 nitrogen and oxygen atoms in total. The van der Waals surface area contributed by atoms with E-state index in [-0.39, 0.29) is 12.2 Å². The number of hydrogen-bond acceptors (Lipinski definition) is 4. The van der Waals surface area contributed by atoms with E-state index in [4.69, 9.17) is 5.11 Å². The highest BCUT2D eigenvalue weighted by atomic mass is 16.4. The van der Waals surface area contributed by atoms with Crippen LogP contribution in [0.3, 0.4) is 0 Å². The van der Waals surface area contributed by atoms with Crippen LogP contribution in [0.5, 0.6) is 5.75 Å². The van der Waals surface area contributed by atoms with Gasteiger partial charge in [0.25, 0.3) is 0 Å². The second-order valence-electron chi connectivity index (χ2n) is 4.98. The monoisotopic (exact) mass is 282 g/mol. The van der Waals surface area contributed by atoms with Gasteiger partial charge >= 0.3 is 5.97 Å². The first-order chi connectivity index (χ1) is 9.36. The van der Waals surface area contributed by atoms with Crippen LogP contribution in [-0.2, 0) is 17.9 Å². The zero-order valence-corrected chi connectivity index (χ0v) is 12.2. The number of pyridine rings is 1. The van der Waals surface area contributed by atoms with E-state index >= 15 is 0 Å². The van der Waals surface area contributed by atoms with Crippen molar-refractivity contribution in [2.45, 2.75) is 39.8 Å². The van der Waals surface area contributed by atoms with Crippen molar-refractivity contribution in [1.82, 2.24) is 9.47 Å². The van der Waals surface area contributed by atoms with Crippen LogP contribution >= 0.6 is 0 Å². The highest BCUT2D eigenvalue weighted by Gasteiger charge is 2.15. The molecule has 0 saturated heterocycles. The standard InChI is InChI=1S/C14H22N2O4/c1-4-6-16-10(2)8-12(17)14(20)11(16)9-15(3)7-5-13(18)19/h8,20H,4-7,9H2,1-3H3,(H,18,19). The lowest BCUT2D eigenvalue weighted by Crippen LogP contribution is -2.26. The summed E-state index contributed by atoms with van der Waals surface area (Å²) >= 11 is 0. The van der Waals surface area contributed by atoms with Crippen LogP contribution in [0.15, 0.2) is 10.9 Å². The third-order valence-corrected chi connectivity index (χ3v) is 3.17. The molecule has 0 fully saturated rings. The molecule has 20 heavy (non-hydrogen) atoms. The number of rotatable bonds is 7. The molecule has 112 valence electrons. The fourth-order valence-electron chi connectivity index (χ4n) is 2.14. The van der Waals surface area contributed by atoms with Gasteiger partial charge < -0.3 is 14.8 Å². The molecule has 0 radical (unpaired) electrons. The molecule has 2 N–H and O–H groups in total. The second kappa shape index (κ2) is 7.09. The Hall–Kier alpha value is -1.82. The molecule has 1 aromatic heterocycles. The first kappa shape index (κ1) is 16.2. The van der Waals surface area contributed by atoms with Crippen molar-refractivity contribution in [2.24, 2.45) is 0 Å². The predicted molar refractivity (Wildman–Crippen MR) is 76.0 cm³/mol. The molecule has 0 aliphatic carbocycles. The highest BCUT2D eigenvalue weighted by molar-refractivity contribution is 5.66. The molecule has 0 aromatic carbocycles. The van der Waals surface area contributed by atoms with Crippen LogP contribution in [0.1, 0.15) is 31.2 Å². The lowest BCUT2D eigenvalue weighted by atomic mass is 10.2. The number of carboxylic acid groups (broad SMARTS) is 1. The topological polar surface area (TPSA) is 82.8 Å². The molecule has 0 unspecified atom stereocenters. The fourth-order valence-corrected chi connectivity index (χ4v) is 2.14. The maximum absolute atomic E-state index is 11.7. The van der Waals surface area contributed by atoms with Gasteiger partial charge in [0.2, 0.25) is 5.43 Å². The molecule has 0 atom stereocenters. The zero-order chi connectivity index (χ0) is 15.3. The predicted octanol–water partition coefficient (Wildman–Crippen LogP) is 1.18. The third-order valence-electron chi connectivity index (χ3n) is 3.17. The highest BCUT2D eigenvalue weighted by Crippen LogP contribution is 2.17. The number of nitrogens with zero attached hydrogens (tertiary/aromatic N) is 2. The zero-order valence-electron chi connectivity index (χ0n) is 12.2. The maximum atomic E-state index is 11.7. The van der Waals surface area contributed by atoms with Gasteiger partial charge in [-0.15, -0.1) is 0 Å². The van der Waals surface area contributed by atoms with Crippen LogP contribution in [0.2, 0.25) is 0 Å². The van der Waals surface area contributed by atoms with Gasteiger partial charge in [-0.2, -0.15) is 0 Å². The van der Waals surface area contributed by atoms with Gasteiger partial charge in [0.05, 0.1) is 12.1 Å². The minimum Gasteiger partial charge on any atom is -0.503 e. The van der Waals surface area contributed by atoms with Crippen LogP contribution in [0, 0.1) is 6.92 Å². The quantitative estimate of drug-likeness (QED) is 0.784. The lowest BCUT2D eigenvalue weighted by Gasteiger charge is -2.22. The summed E-state index contributed by atoms with van der Waals surface area (Å²) in [6.45, 7) is 5.27. The van der Waals surface area contributed by atoms with Gasteiger partial charge in [-0.1, -0.05) is 6.92 Å². The minimum atomic E-state index is -0.865. The molecule has 0 amide bonds. The van der Waals surface area contributed by atoms with Crippen LogP contribution in [0.4, 0.5) is 0 Å². The Labute approximate surface area is 118 Å². The summed E-state index contributed by atoms with van der Waals surface area (Å²) in [7, 11) is 1.77. The molecule has 0 saturated carbocycles. The molecule has 1 heterocycles. The van der Waals surface area contributed by atoms with E-state index in [1.54, 1.807) is 11.9 Å². The summed E-state index contributed by atoms with van der Waals surface area (Å²) in [4.78, 5) is 24.0. The Morgan fingerprint density at radius 2 is 2.10 bits per heavy atom. The Balaban J connectivity index is 3.02. The number of carbonyl (C=O) groups is 1. The van der Waals surface area contributed by atoms with Crippen molar-refractivity contribution in [1.29, 1.82) is 0 Å². The molecule has 0 aliphatic heterocycles. The fraction of sp³-hybridized carbons (Fsp3) is 0.571. The molecule has 0 spiro atoms. The number of aryl methyl sites for hydroxylation is 1. The normalized spacial score (nSPS) is 11.0. The van der Waals surface area contributed by atoms with Crippen molar-refractivity contribution in [3.63, 3.8) is 0 Å². The van der Waals surface area contributed by atoms with Gasteiger partial charge in [0, 0.05) is 31.4 Å². The molecular weight excluding hydrogens is 260 g/mol. The van der Waals surface area contributed by atoms with Gasteiger partial charge in [0.15, 0.2) is 5.75 Å². The molecular formula is C14H22N2O4. The Bertz CT molecular complexity index is 537. The number of carboxylic acids is 1. The number of hydrogen-bond donors (Lipinski definition) is 2. The first-order valence-corrected chi connectivity index (χ1v) is 6.69. The molecule has 6 heteroatoms.